The van der Waals surface area contributed by atoms with Crippen LogP contribution in [0.4, 0.5) is 0 Å². The molecule has 28 heavy (non-hydrogen) atoms. The standard InChI is InChI=1S/C27H19Br/c1-18-10-12-19(13-11-18)26-22-6-2-4-8-24(22)27(20-14-16-21(28)17-15-20)25-9-5-3-7-23(25)26/h2-17H,1H3. The minimum atomic E-state index is 1.10. The van der Waals surface area contributed by atoms with E-state index in [1.54, 1.807) is 0 Å². The van der Waals surface area contributed by atoms with Gasteiger partial charge in [0.15, 0.2) is 0 Å². The third kappa shape index (κ3) is 2.83. The number of halogens is 1. The topological polar surface area (TPSA) is 0 Å². The average Bonchev–Trinajstić information content (AvgIpc) is 2.74. The lowest BCUT2D eigenvalue weighted by Gasteiger charge is -2.17. The highest BCUT2D eigenvalue weighted by atomic mass is 79.9. The van der Waals surface area contributed by atoms with E-state index in [0.717, 1.165) is 4.47 Å². The van der Waals surface area contributed by atoms with Gasteiger partial charge >= 0.3 is 0 Å². The van der Waals surface area contributed by atoms with Gasteiger partial charge in [-0.1, -0.05) is 106 Å². The normalized spacial score (nSPS) is 11.2. The lowest BCUT2D eigenvalue weighted by atomic mass is 9.86. The second kappa shape index (κ2) is 6.92. The van der Waals surface area contributed by atoms with E-state index in [0.29, 0.717) is 0 Å². The van der Waals surface area contributed by atoms with E-state index in [-0.39, 0.29) is 0 Å². The molecule has 1 heteroatoms. The summed E-state index contributed by atoms with van der Waals surface area (Å²) in [6, 6.07) is 35.0. The highest BCUT2D eigenvalue weighted by Gasteiger charge is 2.15. The first-order chi connectivity index (χ1) is 13.7. The number of hydrogen-bond acceptors (Lipinski definition) is 0. The molecule has 0 unspecified atom stereocenters. The van der Waals surface area contributed by atoms with Crippen LogP contribution in [-0.2, 0) is 0 Å². The molecule has 0 amide bonds. The van der Waals surface area contributed by atoms with E-state index in [9.17, 15) is 0 Å². The fourth-order valence-electron chi connectivity index (χ4n) is 4.09. The fourth-order valence-corrected chi connectivity index (χ4v) is 4.35. The Morgan fingerprint density at radius 3 is 1.21 bits per heavy atom. The third-order valence-corrected chi connectivity index (χ3v) is 5.93. The summed E-state index contributed by atoms with van der Waals surface area (Å²) in [4.78, 5) is 0. The Morgan fingerprint density at radius 2 is 0.821 bits per heavy atom. The van der Waals surface area contributed by atoms with Crippen LogP contribution >= 0.6 is 15.9 Å². The molecule has 0 nitrogen and oxygen atoms in total. The molecule has 5 aromatic rings. The Kier molecular flexibility index (Phi) is 4.26. The Morgan fingerprint density at radius 1 is 0.464 bits per heavy atom. The van der Waals surface area contributed by atoms with E-state index in [2.05, 4.69) is 120 Å². The van der Waals surface area contributed by atoms with E-state index in [1.165, 1.54) is 49.4 Å². The van der Waals surface area contributed by atoms with Gasteiger partial charge < -0.3 is 0 Å². The van der Waals surface area contributed by atoms with E-state index >= 15 is 0 Å². The first-order valence-electron chi connectivity index (χ1n) is 9.49. The summed E-state index contributed by atoms with van der Waals surface area (Å²) in [5, 5.41) is 5.17. The SMILES string of the molecule is Cc1ccc(-c2c3ccccc3c(-c3ccc(Br)cc3)c3ccccc23)cc1. The molecule has 0 radical (unpaired) electrons. The summed E-state index contributed by atoms with van der Waals surface area (Å²) in [6.45, 7) is 2.14. The van der Waals surface area contributed by atoms with Crippen LogP contribution in [0.2, 0.25) is 0 Å². The molecule has 0 heterocycles. The first-order valence-corrected chi connectivity index (χ1v) is 10.3. The van der Waals surface area contributed by atoms with Crippen molar-refractivity contribution in [2.24, 2.45) is 0 Å². The monoisotopic (exact) mass is 422 g/mol. The number of benzene rings is 5. The number of aryl methyl sites for hydroxylation is 1. The van der Waals surface area contributed by atoms with Gasteiger partial charge in [0.2, 0.25) is 0 Å². The van der Waals surface area contributed by atoms with Crippen molar-refractivity contribution in [3.8, 4) is 22.3 Å². The highest BCUT2D eigenvalue weighted by Crippen LogP contribution is 2.43. The van der Waals surface area contributed by atoms with Gasteiger partial charge in [0, 0.05) is 4.47 Å². The molecule has 5 aromatic carbocycles. The molecule has 0 atom stereocenters. The zero-order chi connectivity index (χ0) is 19.1. The second-order valence-corrected chi connectivity index (χ2v) is 8.13. The average molecular weight is 423 g/mol. The van der Waals surface area contributed by atoms with Gasteiger partial charge in [0.25, 0.3) is 0 Å². The van der Waals surface area contributed by atoms with Crippen LogP contribution in [0, 0.1) is 6.92 Å². The van der Waals surface area contributed by atoms with Gasteiger partial charge in [0.1, 0.15) is 0 Å². The van der Waals surface area contributed by atoms with Crippen LogP contribution in [-0.4, -0.2) is 0 Å². The molecule has 0 bridgehead atoms. The summed E-state index contributed by atoms with van der Waals surface area (Å²) < 4.78 is 1.10. The largest absolute Gasteiger partial charge is 0.0616 e. The number of fused-ring (bicyclic) bond motifs is 2. The van der Waals surface area contributed by atoms with Crippen molar-refractivity contribution in [2.75, 3.05) is 0 Å². The van der Waals surface area contributed by atoms with Crippen molar-refractivity contribution in [3.63, 3.8) is 0 Å². The predicted octanol–water partition coefficient (Wildman–Crippen LogP) is 8.40. The van der Waals surface area contributed by atoms with Crippen LogP contribution in [0.5, 0.6) is 0 Å². The minimum absolute atomic E-state index is 1.10. The summed E-state index contributed by atoms with van der Waals surface area (Å²) >= 11 is 3.57. The maximum absolute atomic E-state index is 3.57. The van der Waals surface area contributed by atoms with Crippen molar-refractivity contribution in [1.29, 1.82) is 0 Å². The third-order valence-electron chi connectivity index (χ3n) is 5.40. The molecular formula is C27H19Br. The first kappa shape index (κ1) is 17.2. The van der Waals surface area contributed by atoms with Gasteiger partial charge in [-0.25, -0.2) is 0 Å². The molecular weight excluding hydrogens is 404 g/mol. The van der Waals surface area contributed by atoms with Crippen molar-refractivity contribution in [2.45, 2.75) is 6.92 Å². The lowest BCUT2D eigenvalue weighted by Crippen LogP contribution is -1.90. The summed E-state index contributed by atoms with van der Waals surface area (Å²) in [5.41, 5.74) is 6.40. The lowest BCUT2D eigenvalue weighted by molar-refractivity contribution is 1.47. The van der Waals surface area contributed by atoms with Gasteiger partial charge in [-0.2, -0.15) is 0 Å². The Balaban J connectivity index is 1.96. The molecule has 0 aliphatic carbocycles. The van der Waals surface area contributed by atoms with Crippen molar-refractivity contribution in [1.82, 2.24) is 0 Å². The molecule has 0 aliphatic rings. The molecule has 0 saturated heterocycles. The molecule has 0 fully saturated rings. The summed E-state index contributed by atoms with van der Waals surface area (Å²) in [6.07, 6.45) is 0. The zero-order valence-electron chi connectivity index (χ0n) is 15.6. The Bertz CT molecular complexity index is 1140. The highest BCUT2D eigenvalue weighted by molar-refractivity contribution is 9.10. The molecule has 0 spiro atoms. The molecule has 0 aliphatic heterocycles. The van der Waals surface area contributed by atoms with Crippen molar-refractivity contribution >= 4 is 37.5 Å². The molecule has 0 saturated carbocycles. The van der Waals surface area contributed by atoms with Crippen LogP contribution in [0.1, 0.15) is 5.56 Å². The summed E-state index contributed by atoms with van der Waals surface area (Å²) in [5.74, 6) is 0. The van der Waals surface area contributed by atoms with E-state index in [1.807, 2.05) is 0 Å². The Hall–Kier alpha value is -2.90. The maximum atomic E-state index is 3.57. The molecule has 0 aromatic heterocycles. The van der Waals surface area contributed by atoms with E-state index < -0.39 is 0 Å². The van der Waals surface area contributed by atoms with Crippen LogP contribution < -0.4 is 0 Å². The smallest absolute Gasteiger partial charge is 0.0175 e. The number of hydrogen-bond donors (Lipinski definition) is 0. The quantitative estimate of drug-likeness (QED) is 0.250. The number of rotatable bonds is 2. The second-order valence-electron chi connectivity index (χ2n) is 7.21. The van der Waals surface area contributed by atoms with Gasteiger partial charge in [-0.15, -0.1) is 0 Å². The Labute approximate surface area is 173 Å². The van der Waals surface area contributed by atoms with Crippen LogP contribution in [0.25, 0.3) is 43.8 Å². The molecule has 0 N–H and O–H groups in total. The predicted molar refractivity (Wildman–Crippen MR) is 125 cm³/mol. The van der Waals surface area contributed by atoms with Gasteiger partial charge in [-0.05, 0) is 62.9 Å². The van der Waals surface area contributed by atoms with Crippen molar-refractivity contribution < 1.29 is 0 Å². The fraction of sp³-hybridized carbons (Fsp3) is 0.0370. The summed E-state index contributed by atoms with van der Waals surface area (Å²) in [7, 11) is 0. The molecule has 5 rings (SSSR count). The van der Waals surface area contributed by atoms with Gasteiger partial charge in [-0.3, -0.25) is 0 Å². The molecule has 134 valence electrons. The van der Waals surface area contributed by atoms with E-state index in [4.69, 9.17) is 0 Å². The maximum Gasteiger partial charge on any atom is 0.0175 e. The van der Waals surface area contributed by atoms with Crippen molar-refractivity contribution in [3.05, 3.63) is 107 Å². The van der Waals surface area contributed by atoms with Crippen LogP contribution in [0.15, 0.2) is 102 Å². The van der Waals surface area contributed by atoms with Gasteiger partial charge in [0.05, 0.1) is 0 Å². The minimum Gasteiger partial charge on any atom is -0.0616 e. The van der Waals surface area contributed by atoms with Crippen LogP contribution in [0.3, 0.4) is 0 Å². The zero-order valence-corrected chi connectivity index (χ0v) is 17.2.